The van der Waals surface area contributed by atoms with E-state index in [1.807, 2.05) is 24.3 Å². The van der Waals surface area contributed by atoms with E-state index in [1.54, 1.807) is 31.1 Å². The van der Waals surface area contributed by atoms with Crippen LogP contribution in [0.5, 0.6) is 0 Å². The molecule has 0 unspecified atom stereocenters. The third-order valence-corrected chi connectivity index (χ3v) is 4.23. The summed E-state index contributed by atoms with van der Waals surface area (Å²) in [4.78, 5) is 26.7. The molecule has 1 aromatic carbocycles. The minimum Gasteiger partial charge on any atom is -0.394 e. The van der Waals surface area contributed by atoms with E-state index in [0.29, 0.717) is 5.57 Å². The average Bonchev–Trinajstić information content (AvgIpc) is 2.69. The second-order valence-electron chi connectivity index (χ2n) is 6.03. The lowest BCUT2D eigenvalue weighted by atomic mass is 10.1. The number of benzene rings is 1. The Balaban J connectivity index is 1.87. The van der Waals surface area contributed by atoms with Crippen LogP contribution in [0.15, 0.2) is 53.1 Å². The van der Waals surface area contributed by atoms with Crippen molar-refractivity contribution in [3.05, 3.63) is 64.2 Å². The van der Waals surface area contributed by atoms with Crippen molar-refractivity contribution >= 4 is 11.5 Å². The molecule has 1 aliphatic heterocycles. The summed E-state index contributed by atoms with van der Waals surface area (Å²) in [6, 6.07) is 9.23. The van der Waals surface area contributed by atoms with E-state index in [0.717, 1.165) is 37.7 Å². The van der Waals surface area contributed by atoms with E-state index in [4.69, 9.17) is 4.74 Å². The van der Waals surface area contributed by atoms with Gasteiger partial charge in [-0.3, -0.25) is 9.59 Å². The Morgan fingerprint density at radius 2 is 1.81 bits per heavy atom. The Kier molecular flexibility index (Phi) is 5.48. The van der Waals surface area contributed by atoms with Crippen LogP contribution in [-0.2, 0) is 4.74 Å². The maximum absolute atomic E-state index is 12.4. The molecular weight excluding hydrogens is 332 g/mol. The zero-order chi connectivity index (χ0) is 18.5. The van der Waals surface area contributed by atoms with Gasteiger partial charge in [0.25, 0.3) is 0 Å². The second kappa shape index (κ2) is 7.97. The predicted molar refractivity (Wildman–Crippen MR) is 100 cm³/mol. The lowest BCUT2D eigenvalue weighted by Crippen LogP contribution is -2.36. The first-order valence-corrected chi connectivity index (χ1v) is 8.52. The number of ketones is 1. The maximum atomic E-state index is 12.4. The summed E-state index contributed by atoms with van der Waals surface area (Å²) in [5, 5.41) is 7.03. The van der Waals surface area contributed by atoms with Gasteiger partial charge < -0.3 is 15.0 Å². The number of carbonyl (C=O) groups excluding carboxylic acids is 1. The maximum Gasteiger partial charge on any atom is 0.214 e. The van der Waals surface area contributed by atoms with Crippen molar-refractivity contribution in [2.45, 2.75) is 6.92 Å². The van der Waals surface area contributed by atoms with Crippen molar-refractivity contribution in [3.63, 3.8) is 0 Å². The molecule has 7 nitrogen and oxygen atoms in total. The van der Waals surface area contributed by atoms with E-state index in [-0.39, 0.29) is 16.9 Å². The Hall–Kier alpha value is -2.93. The molecule has 0 saturated carbocycles. The van der Waals surface area contributed by atoms with Crippen LogP contribution in [0.3, 0.4) is 0 Å². The number of hydrogen-bond acceptors (Lipinski definition) is 6. The third kappa shape index (κ3) is 3.83. The van der Waals surface area contributed by atoms with Crippen molar-refractivity contribution in [1.29, 1.82) is 0 Å². The van der Waals surface area contributed by atoms with Crippen molar-refractivity contribution in [3.8, 4) is 5.69 Å². The molecule has 0 aliphatic carbocycles. The molecular formula is C19H22N4O3. The van der Waals surface area contributed by atoms with Gasteiger partial charge in [-0.05, 0) is 31.2 Å². The molecule has 2 heterocycles. The predicted octanol–water partition coefficient (Wildman–Crippen LogP) is 1.37. The number of hydrogen-bond donors (Lipinski definition) is 1. The van der Waals surface area contributed by atoms with E-state index in [1.165, 1.54) is 6.07 Å². The van der Waals surface area contributed by atoms with Gasteiger partial charge in [-0.2, -0.15) is 5.10 Å². The fraction of sp³-hybridized carbons (Fsp3) is 0.316. The minimum absolute atomic E-state index is 0.0891. The molecule has 0 radical (unpaired) electrons. The summed E-state index contributed by atoms with van der Waals surface area (Å²) in [6.45, 7) is 4.84. The van der Waals surface area contributed by atoms with E-state index < -0.39 is 0 Å². The lowest BCUT2D eigenvalue weighted by molar-refractivity contribution is 0.102. The molecule has 0 atom stereocenters. The highest BCUT2D eigenvalue weighted by Gasteiger charge is 2.15. The number of aromatic nitrogens is 2. The number of ether oxygens (including phenoxy) is 1. The number of allylic oxidation sites excluding steroid dienone is 1. The SMILES string of the molecule is CN/C=C(\C)C(=O)c1nn(-c2ccc(N3CCOCC3)cc2)ccc1=O. The summed E-state index contributed by atoms with van der Waals surface area (Å²) in [5.41, 5.74) is 1.85. The Labute approximate surface area is 151 Å². The van der Waals surface area contributed by atoms with Gasteiger partial charge in [0, 0.05) is 49.9 Å². The van der Waals surface area contributed by atoms with Gasteiger partial charge in [-0.1, -0.05) is 0 Å². The highest BCUT2D eigenvalue weighted by molar-refractivity contribution is 6.06. The lowest BCUT2D eigenvalue weighted by Gasteiger charge is -2.28. The van der Waals surface area contributed by atoms with Crippen LogP contribution < -0.4 is 15.6 Å². The first kappa shape index (κ1) is 17.9. The minimum atomic E-state index is -0.389. The van der Waals surface area contributed by atoms with Gasteiger partial charge in [-0.15, -0.1) is 0 Å². The largest absolute Gasteiger partial charge is 0.394 e. The summed E-state index contributed by atoms with van der Waals surface area (Å²) in [6.07, 6.45) is 3.12. The number of rotatable bonds is 5. The Morgan fingerprint density at radius 3 is 2.46 bits per heavy atom. The van der Waals surface area contributed by atoms with Gasteiger partial charge in [0.2, 0.25) is 11.2 Å². The van der Waals surface area contributed by atoms with Crippen molar-refractivity contribution in [1.82, 2.24) is 15.1 Å². The molecule has 26 heavy (non-hydrogen) atoms. The number of nitrogens with one attached hydrogen (secondary N) is 1. The first-order valence-electron chi connectivity index (χ1n) is 8.52. The van der Waals surface area contributed by atoms with Gasteiger partial charge in [0.05, 0.1) is 18.9 Å². The summed E-state index contributed by atoms with van der Waals surface area (Å²) in [7, 11) is 1.70. The molecule has 1 aromatic heterocycles. The zero-order valence-corrected chi connectivity index (χ0v) is 14.9. The van der Waals surface area contributed by atoms with Crippen LogP contribution in [0, 0.1) is 0 Å². The van der Waals surface area contributed by atoms with Crippen LogP contribution in [0.2, 0.25) is 0 Å². The number of morpholine rings is 1. The molecule has 1 aliphatic rings. The van der Waals surface area contributed by atoms with Crippen LogP contribution in [0.4, 0.5) is 5.69 Å². The number of Topliss-reactive ketones (excluding diaryl/α,β-unsaturated/α-hetero) is 1. The molecule has 0 amide bonds. The molecule has 2 aromatic rings. The standard InChI is InChI=1S/C19H22N4O3/c1-14(13-20-2)19(25)18-17(24)7-8-23(21-18)16-5-3-15(4-6-16)22-9-11-26-12-10-22/h3-8,13,20H,9-12H2,1-2H3/b14-13+. The Morgan fingerprint density at radius 1 is 1.15 bits per heavy atom. The fourth-order valence-electron chi connectivity index (χ4n) is 2.82. The molecule has 0 bridgehead atoms. The number of anilines is 1. The van der Waals surface area contributed by atoms with Crippen molar-refractivity contribution in [2.75, 3.05) is 38.3 Å². The molecule has 0 spiro atoms. The topological polar surface area (TPSA) is 76.5 Å². The van der Waals surface area contributed by atoms with Crippen LogP contribution in [-0.4, -0.2) is 48.9 Å². The molecule has 7 heteroatoms. The highest BCUT2D eigenvalue weighted by Crippen LogP contribution is 2.18. The molecule has 136 valence electrons. The van der Waals surface area contributed by atoms with Crippen molar-refractivity contribution < 1.29 is 9.53 Å². The van der Waals surface area contributed by atoms with Crippen LogP contribution in [0.1, 0.15) is 17.4 Å². The van der Waals surface area contributed by atoms with Gasteiger partial charge in [0.1, 0.15) is 0 Å². The molecule has 1 N–H and O–H groups in total. The smallest absolute Gasteiger partial charge is 0.214 e. The second-order valence-corrected chi connectivity index (χ2v) is 6.03. The van der Waals surface area contributed by atoms with Crippen LogP contribution >= 0.6 is 0 Å². The normalized spacial score (nSPS) is 15.0. The van der Waals surface area contributed by atoms with E-state index in [9.17, 15) is 9.59 Å². The van der Waals surface area contributed by atoms with Gasteiger partial charge in [0.15, 0.2) is 5.69 Å². The summed E-state index contributed by atoms with van der Waals surface area (Å²) >= 11 is 0. The fourth-order valence-corrected chi connectivity index (χ4v) is 2.82. The number of nitrogens with zero attached hydrogens (tertiary/aromatic N) is 3. The first-order chi connectivity index (χ1) is 12.6. The molecule has 1 saturated heterocycles. The van der Waals surface area contributed by atoms with E-state index in [2.05, 4.69) is 15.3 Å². The highest BCUT2D eigenvalue weighted by atomic mass is 16.5. The average molecular weight is 354 g/mol. The quantitative estimate of drug-likeness (QED) is 0.646. The summed E-state index contributed by atoms with van der Waals surface area (Å²) < 4.78 is 6.92. The molecule has 1 fully saturated rings. The Bertz CT molecular complexity index is 865. The van der Waals surface area contributed by atoms with Gasteiger partial charge >= 0.3 is 0 Å². The zero-order valence-electron chi connectivity index (χ0n) is 14.9. The third-order valence-electron chi connectivity index (χ3n) is 4.23. The van der Waals surface area contributed by atoms with E-state index >= 15 is 0 Å². The number of carbonyl (C=O) groups is 1. The van der Waals surface area contributed by atoms with Gasteiger partial charge in [-0.25, -0.2) is 4.68 Å². The molecule has 3 rings (SSSR count). The van der Waals surface area contributed by atoms with Crippen LogP contribution in [0.25, 0.3) is 5.69 Å². The van der Waals surface area contributed by atoms with Crippen molar-refractivity contribution in [2.24, 2.45) is 0 Å². The monoisotopic (exact) mass is 354 g/mol. The summed E-state index contributed by atoms with van der Waals surface area (Å²) in [5.74, 6) is -0.386.